The Labute approximate surface area is 158 Å². The Morgan fingerprint density at radius 3 is 2.78 bits per heavy atom. The van der Waals surface area contributed by atoms with Crippen molar-refractivity contribution in [3.05, 3.63) is 48.0 Å². The summed E-state index contributed by atoms with van der Waals surface area (Å²) in [5.41, 5.74) is 2.58. The molecule has 5 nitrogen and oxygen atoms in total. The number of hydrogen-bond acceptors (Lipinski definition) is 5. The lowest BCUT2D eigenvalue weighted by atomic mass is 9.94. The van der Waals surface area contributed by atoms with Gasteiger partial charge in [0.25, 0.3) is 0 Å². The number of rotatable bonds is 3. The lowest BCUT2D eigenvalue weighted by Gasteiger charge is -2.33. The van der Waals surface area contributed by atoms with Crippen LogP contribution in [0.3, 0.4) is 0 Å². The number of ketones is 1. The number of piperidine rings is 1. The molecule has 1 saturated heterocycles. The number of nitrogens with zero attached hydrogens (tertiary/aromatic N) is 3. The van der Waals surface area contributed by atoms with Crippen molar-refractivity contribution in [3.8, 4) is 17.1 Å². The van der Waals surface area contributed by atoms with Crippen molar-refractivity contribution >= 4 is 22.5 Å². The molecule has 3 aromatic rings. The van der Waals surface area contributed by atoms with Crippen LogP contribution in [0.15, 0.2) is 42.5 Å². The highest BCUT2D eigenvalue weighted by atomic mass is 16.3. The summed E-state index contributed by atoms with van der Waals surface area (Å²) in [5.74, 6) is 1.78. The molecular weight excluding hydrogens is 338 g/mol. The van der Waals surface area contributed by atoms with Crippen LogP contribution in [0, 0.1) is 12.8 Å². The molecule has 0 radical (unpaired) electrons. The fourth-order valence-corrected chi connectivity index (χ4v) is 3.75. The number of carbonyl (C=O) groups is 1. The number of hydrogen-bond donors (Lipinski definition) is 1. The second-order valence-electron chi connectivity index (χ2n) is 7.30. The number of anilines is 1. The van der Waals surface area contributed by atoms with Crippen molar-refractivity contribution in [3.63, 3.8) is 0 Å². The number of aromatic nitrogens is 2. The van der Waals surface area contributed by atoms with Crippen LogP contribution in [0.2, 0.25) is 0 Å². The molecule has 0 saturated carbocycles. The van der Waals surface area contributed by atoms with E-state index in [1.54, 1.807) is 19.1 Å². The van der Waals surface area contributed by atoms with Gasteiger partial charge >= 0.3 is 0 Å². The maximum absolute atomic E-state index is 11.9. The highest BCUT2D eigenvalue weighted by Gasteiger charge is 2.26. The van der Waals surface area contributed by atoms with Gasteiger partial charge in [-0.3, -0.25) is 4.79 Å². The molecule has 0 aliphatic carbocycles. The van der Waals surface area contributed by atoms with Crippen LogP contribution >= 0.6 is 0 Å². The quantitative estimate of drug-likeness (QED) is 0.760. The van der Waals surface area contributed by atoms with Gasteiger partial charge in [-0.2, -0.15) is 0 Å². The standard InChI is InChI=1S/C22H23N3O2/c1-14-9-10-17-19(12-14)23-21(18-7-3-4-8-20(18)27)24-22(17)25-11-5-6-16(13-25)15(2)26/h3-4,7-10,12,16,27H,5-6,11,13H2,1-2H3. The number of phenols is 1. The Kier molecular flexibility index (Phi) is 4.52. The van der Waals surface area contributed by atoms with Crippen LogP contribution in [0.25, 0.3) is 22.3 Å². The molecule has 0 spiro atoms. The number of carbonyl (C=O) groups excluding carboxylic acids is 1. The van der Waals surface area contributed by atoms with Gasteiger partial charge in [-0.25, -0.2) is 9.97 Å². The van der Waals surface area contributed by atoms with Gasteiger partial charge in [0.05, 0.1) is 11.1 Å². The maximum atomic E-state index is 11.9. The van der Waals surface area contributed by atoms with Crippen molar-refractivity contribution in [1.29, 1.82) is 0 Å². The first-order valence-corrected chi connectivity index (χ1v) is 9.35. The van der Waals surface area contributed by atoms with E-state index in [2.05, 4.69) is 11.0 Å². The van der Waals surface area contributed by atoms with E-state index in [0.29, 0.717) is 17.9 Å². The molecule has 1 N–H and O–H groups in total. The zero-order valence-electron chi connectivity index (χ0n) is 15.6. The fourth-order valence-electron chi connectivity index (χ4n) is 3.75. The minimum absolute atomic E-state index is 0.0443. The Morgan fingerprint density at radius 1 is 1.19 bits per heavy atom. The first-order chi connectivity index (χ1) is 13.0. The van der Waals surface area contributed by atoms with Gasteiger partial charge < -0.3 is 10.0 Å². The van der Waals surface area contributed by atoms with Crippen molar-refractivity contribution < 1.29 is 9.90 Å². The highest BCUT2D eigenvalue weighted by molar-refractivity contribution is 5.92. The van der Waals surface area contributed by atoms with Gasteiger partial charge in [0, 0.05) is 24.4 Å². The molecule has 1 aromatic heterocycles. The lowest BCUT2D eigenvalue weighted by molar-refractivity contribution is -0.120. The molecule has 1 aliphatic heterocycles. The predicted molar refractivity (Wildman–Crippen MR) is 107 cm³/mol. The summed E-state index contributed by atoms with van der Waals surface area (Å²) in [5, 5.41) is 11.2. The number of fused-ring (bicyclic) bond motifs is 1. The Bertz CT molecular complexity index is 1020. The number of benzene rings is 2. The van der Waals surface area contributed by atoms with Crippen LogP contribution in [0.1, 0.15) is 25.3 Å². The van der Waals surface area contributed by atoms with Crippen molar-refractivity contribution in [2.45, 2.75) is 26.7 Å². The zero-order chi connectivity index (χ0) is 19.0. The average molecular weight is 361 g/mol. The first-order valence-electron chi connectivity index (χ1n) is 9.35. The molecule has 138 valence electrons. The fraction of sp³-hybridized carbons (Fsp3) is 0.318. The van der Waals surface area contributed by atoms with Crippen LogP contribution in [-0.2, 0) is 4.79 Å². The van der Waals surface area contributed by atoms with Crippen LogP contribution in [-0.4, -0.2) is 33.9 Å². The number of aromatic hydroxyl groups is 1. The molecular formula is C22H23N3O2. The molecule has 1 aliphatic rings. The summed E-state index contributed by atoms with van der Waals surface area (Å²) in [6, 6.07) is 13.3. The third-order valence-corrected chi connectivity index (χ3v) is 5.27. The molecule has 1 fully saturated rings. The van der Waals surface area contributed by atoms with Crippen LogP contribution in [0.5, 0.6) is 5.75 Å². The topological polar surface area (TPSA) is 66.3 Å². The summed E-state index contributed by atoms with van der Waals surface area (Å²) in [6.45, 7) is 5.25. The van der Waals surface area contributed by atoms with Gasteiger partial charge in [-0.15, -0.1) is 0 Å². The Morgan fingerprint density at radius 2 is 2.00 bits per heavy atom. The average Bonchev–Trinajstić information content (AvgIpc) is 2.67. The van der Waals surface area contributed by atoms with E-state index >= 15 is 0 Å². The zero-order valence-corrected chi connectivity index (χ0v) is 15.6. The molecule has 1 unspecified atom stereocenters. The van der Waals surface area contributed by atoms with E-state index in [-0.39, 0.29) is 17.5 Å². The highest BCUT2D eigenvalue weighted by Crippen LogP contribution is 2.33. The van der Waals surface area contributed by atoms with Crippen LogP contribution in [0.4, 0.5) is 5.82 Å². The van der Waals surface area contributed by atoms with E-state index in [0.717, 1.165) is 41.7 Å². The second kappa shape index (κ2) is 6.99. The first kappa shape index (κ1) is 17.5. The van der Waals surface area contributed by atoms with E-state index in [1.807, 2.05) is 31.2 Å². The minimum atomic E-state index is 0.0443. The predicted octanol–water partition coefficient (Wildman–Crippen LogP) is 4.12. The van der Waals surface area contributed by atoms with Gasteiger partial charge in [0.15, 0.2) is 5.82 Å². The lowest BCUT2D eigenvalue weighted by Crippen LogP contribution is -2.38. The Hall–Kier alpha value is -2.95. The van der Waals surface area contributed by atoms with E-state index in [4.69, 9.17) is 9.97 Å². The number of Topliss-reactive ketones (excluding diaryl/α,β-unsaturated/α-hetero) is 1. The summed E-state index contributed by atoms with van der Waals surface area (Å²) >= 11 is 0. The van der Waals surface area contributed by atoms with Crippen LogP contribution < -0.4 is 4.90 Å². The third-order valence-electron chi connectivity index (χ3n) is 5.27. The van der Waals surface area contributed by atoms with Gasteiger partial charge in [-0.1, -0.05) is 18.2 Å². The summed E-state index contributed by atoms with van der Waals surface area (Å²) in [4.78, 5) is 23.7. The van der Waals surface area contributed by atoms with Gasteiger partial charge in [0.1, 0.15) is 17.4 Å². The maximum Gasteiger partial charge on any atom is 0.165 e. The van der Waals surface area contributed by atoms with Crippen molar-refractivity contribution in [2.24, 2.45) is 5.92 Å². The largest absolute Gasteiger partial charge is 0.507 e. The number of aryl methyl sites for hydroxylation is 1. The monoisotopic (exact) mass is 361 g/mol. The summed E-state index contributed by atoms with van der Waals surface area (Å²) in [7, 11) is 0. The second-order valence-corrected chi connectivity index (χ2v) is 7.30. The Balaban J connectivity index is 1.88. The van der Waals surface area contributed by atoms with Crippen molar-refractivity contribution in [1.82, 2.24) is 9.97 Å². The van der Waals surface area contributed by atoms with E-state index in [1.165, 1.54) is 0 Å². The SMILES string of the molecule is CC(=O)C1CCCN(c2nc(-c3ccccc3O)nc3cc(C)ccc23)C1. The summed E-state index contributed by atoms with van der Waals surface area (Å²) < 4.78 is 0. The molecule has 1 atom stereocenters. The minimum Gasteiger partial charge on any atom is -0.507 e. The number of para-hydroxylation sites is 1. The normalized spacial score (nSPS) is 17.3. The molecule has 27 heavy (non-hydrogen) atoms. The molecule has 2 heterocycles. The molecule has 0 amide bonds. The molecule has 2 aromatic carbocycles. The van der Waals surface area contributed by atoms with E-state index < -0.39 is 0 Å². The van der Waals surface area contributed by atoms with E-state index in [9.17, 15) is 9.90 Å². The smallest absolute Gasteiger partial charge is 0.165 e. The number of phenolic OH excluding ortho intramolecular Hbond substituents is 1. The molecule has 5 heteroatoms. The molecule has 4 rings (SSSR count). The molecule has 0 bridgehead atoms. The third kappa shape index (κ3) is 3.37. The summed E-state index contributed by atoms with van der Waals surface area (Å²) in [6.07, 6.45) is 1.90. The van der Waals surface area contributed by atoms with Crippen molar-refractivity contribution in [2.75, 3.05) is 18.0 Å². The van der Waals surface area contributed by atoms with Gasteiger partial charge in [0.2, 0.25) is 0 Å². The van der Waals surface area contributed by atoms with Gasteiger partial charge in [-0.05, 0) is 56.5 Å².